The third-order valence-corrected chi connectivity index (χ3v) is 6.27. The van der Waals surface area contributed by atoms with Crippen molar-refractivity contribution in [2.75, 3.05) is 13.1 Å². The van der Waals surface area contributed by atoms with Crippen molar-refractivity contribution in [2.24, 2.45) is 17.6 Å². The monoisotopic (exact) mass is 503 g/mol. The van der Waals surface area contributed by atoms with Crippen molar-refractivity contribution < 1.29 is 19.9 Å². The normalized spacial score (nSPS) is 24.3. The number of carboxylic acid groups (broad SMARTS) is 1. The Hall–Kier alpha value is -0.285. The lowest BCUT2D eigenvalue weighted by molar-refractivity contribution is -0.142. The highest BCUT2D eigenvalue weighted by molar-refractivity contribution is 6.43. The summed E-state index contributed by atoms with van der Waals surface area (Å²) in [5.74, 6) is -1.77. The predicted molar refractivity (Wildman–Crippen MR) is 126 cm³/mol. The van der Waals surface area contributed by atoms with Gasteiger partial charge in [-0.3, -0.25) is 4.79 Å². The number of halogens is 4. The molecule has 2 aliphatic heterocycles. The lowest BCUT2D eigenvalue weighted by Crippen LogP contribution is -2.53. The Labute approximate surface area is 200 Å². The first kappa shape index (κ1) is 29.7. The quantitative estimate of drug-likeness (QED) is 0.310. The standard InChI is InChI=1S/C18H27BClN3O4.3ClH/c20-13-3-1-10-6-16(23-8-12(10)5-13)17(21)15(19(26)27)4-2-11-7-22-9-14(11)18(24)25;;;/h1,3,5,11,14-17,22-23,26-27H,2,4,6-9,21H2,(H,24,25);3*1H/t11?,14?,15-,16?,17?;;;/m0.../s1. The third-order valence-electron chi connectivity index (χ3n) is 6.03. The van der Waals surface area contributed by atoms with Crippen molar-refractivity contribution >= 4 is 61.9 Å². The van der Waals surface area contributed by atoms with Gasteiger partial charge in [-0.1, -0.05) is 24.1 Å². The minimum atomic E-state index is -1.54. The number of fused-ring (bicyclic) bond motifs is 1. The molecule has 0 spiro atoms. The van der Waals surface area contributed by atoms with E-state index in [4.69, 9.17) is 17.3 Å². The average Bonchev–Trinajstić information content (AvgIpc) is 3.10. The summed E-state index contributed by atoms with van der Waals surface area (Å²) >= 11 is 6.04. The van der Waals surface area contributed by atoms with Crippen LogP contribution >= 0.6 is 48.8 Å². The number of hydrogen-bond donors (Lipinski definition) is 6. The first-order valence-corrected chi connectivity index (χ1v) is 9.80. The third kappa shape index (κ3) is 7.12. The maximum atomic E-state index is 11.3. The van der Waals surface area contributed by atoms with Crippen molar-refractivity contribution in [3.05, 3.63) is 34.3 Å². The second-order valence-corrected chi connectivity index (χ2v) is 8.14. The molecule has 30 heavy (non-hydrogen) atoms. The maximum Gasteiger partial charge on any atom is 0.456 e. The molecule has 2 aliphatic rings. The summed E-state index contributed by atoms with van der Waals surface area (Å²) in [6, 6.07) is 5.24. The van der Waals surface area contributed by atoms with Crippen LogP contribution in [0.25, 0.3) is 0 Å². The SMILES string of the molecule is Cl.Cl.Cl.NC(C1Cc2ccc(Cl)cc2CN1)[C@H](CCC1CNCC1C(=O)O)B(O)O. The van der Waals surface area contributed by atoms with Gasteiger partial charge in [0.05, 0.1) is 5.92 Å². The fourth-order valence-corrected chi connectivity index (χ4v) is 4.55. The van der Waals surface area contributed by atoms with Crippen LogP contribution in [0.3, 0.4) is 0 Å². The van der Waals surface area contributed by atoms with Crippen LogP contribution < -0.4 is 16.4 Å². The minimum absolute atomic E-state index is 0. The first-order chi connectivity index (χ1) is 12.9. The Bertz CT molecular complexity index is 689. The van der Waals surface area contributed by atoms with Crippen molar-refractivity contribution in [1.29, 1.82) is 0 Å². The highest BCUT2D eigenvalue weighted by atomic mass is 35.5. The minimum Gasteiger partial charge on any atom is -0.481 e. The van der Waals surface area contributed by atoms with Crippen molar-refractivity contribution in [3.8, 4) is 0 Å². The number of nitrogens with one attached hydrogen (secondary N) is 2. The van der Waals surface area contributed by atoms with Crippen LogP contribution in [0.1, 0.15) is 24.0 Å². The molecule has 0 amide bonds. The van der Waals surface area contributed by atoms with Gasteiger partial charge in [-0.25, -0.2) is 0 Å². The molecule has 0 aromatic heterocycles. The Kier molecular flexibility index (Phi) is 13.2. The molecule has 172 valence electrons. The van der Waals surface area contributed by atoms with Crippen LogP contribution in [-0.4, -0.2) is 53.4 Å². The van der Waals surface area contributed by atoms with E-state index in [-0.39, 0.29) is 49.2 Å². The topological polar surface area (TPSA) is 128 Å². The van der Waals surface area contributed by atoms with E-state index in [1.54, 1.807) is 0 Å². The van der Waals surface area contributed by atoms with Crippen LogP contribution in [0.2, 0.25) is 10.8 Å². The summed E-state index contributed by atoms with van der Waals surface area (Å²) in [5, 5.41) is 36.3. The van der Waals surface area contributed by atoms with Gasteiger partial charge in [0.1, 0.15) is 0 Å². The van der Waals surface area contributed by atoms with E-state index in [1.165, 1.54) is 0 Å². The van der Waals surface area contributed by atoms with E-state index < -0.39 is 30.9 Å². The number of rotatable bonds is 7. The van der Waals surface area contributed by atoms with Crippen molar-refractivity contribution in [1.82, 2.24) is 10.6 Å². The molecule has 5 atom stereocenters. The zero-order valence-electron chi connectivity index (χ0n) is 16.4. The van der Waals surface area contributed by atoms with Crippen molar-refractivity contribution in [2.45, 2.75) is 43.7 Å². The molecule has 4 unspecified atom stereocenters. The Morgan fingerprint density at radius 3 is 2.57 bits per heavy atom. The number of carboxylic acids is 1. The molecule has 1 saturated heterocycles. The number of carbonyl (C=O) groups is 1. The van der Waals surface area contributed by atoms with E-state index in [0.29, 0.717) is 43.9 Å². The highest BCUT2D eigenvalue weighted by Gasteiger charge is 2.38. The molecule has 1 aromatic rings. The number of hydrogen-bond acceptors (Lipinski definition) is 6. The fourth-order valence-electron chi connectivity index (χ4n) is 4.35. The lowest BCUT2D eigenvalue weighted by atomic mass is 9.63. The van der Waals surface area contributed by atoms with E-state index in [1.807, 2.05) is 18.2 Å². The van der Waals surface area contributed by atoms with Crippen LogP contribution in [0.15, 0.2) is 18.2 Å². The van der Waals surface area contributed by atoms with Crippen LogP contribution in [0.5, 0.6) is 0 Å². The molecular weight excluding hydrogens is 475 g/mol. The Balaban J connectivity index is 0.00000280. The summed E-state index contributed by atoms with van der Waals surface area (Å²) in [6.07, 6.45) is 1.76. The van der Waals surface area contributed by atoms with Gasteiger partial charge in [0.2, 0.25) is 0 Å². The maximum absolute atomic E-state index is 11.3. The zero-order chi connectivity index (χ0) is 19.6. The summed E-state index contributed by atoms with van der Waals surface area (Å²) in [7, 11) is -1.54. The molecule has 12 heteroatoms. The van der Waals surface area contributed by atoms with Crippen LogP contribution in [0, 0.1) is 11.8 Å². The Morgan fingerprint density at radius 2 is 1.93 bits per heavy atom. The van der Waals surface area contributed by atoms with Gasteiger partial charge in [0.25, 0.3) is 0 Å². The molecule has 7 N–H and O–H groups in total. The van der Waals surface area contributed by atoms with Gasteiger partial charge >= 0.3 is 13.1 Å². The second kappa shape index (κ2) is 13.3. The molecule has 2 heterocycles. The second-order valence-electron chi connectivity index (χ2n) is 7.70. The molecule has 0 aliphatic carbocycles. The number of nitrogens with two attached hydrogens (primary N) is 1. The first-order valence-electron chi connectivity index (χ1n) is 9.42. The molecule has 0 saturated carbocycles. The van der Waals surface area contributed by atoms with E-state index in [0.717, 1.165) is 11.1 Å². The number of benzene rings is 1. The van der Waals surface area contributed by atoms with Gasteiger partial charge in [0, 0.05) is 36.0 Å². The van der Waals surface area contributed by atoms with E-state index in [9.17, 15) is 19.9 Å². The fraction of sp³-hybridized carbons (Fsp3) is 0.611. The van der Waals surface area contributed by atoms with Crippen molar-refractivity contribution in [3.63, 3.8) is 0 Å². The smallest absolute Gasteiger partial charge is 0.456 e. The van der Waals surface area contributed by atoms with Crippen LogP contribution in [0.4, 0.5) is 0 Å². The van der Waals surface area contributed by atoms with Gasteiger partial charge in [-0.15, -0.1) is 37.2 Å². The summed E-state index contributed by atoms with van der Waals surface area (Å²) < 4.78 is 0. The van der Waals surface area contributed by atoms with Gasteiger partial charge in [-0.2, -0.15) is 0 Å². The van der Waals surface area contributed by atoms with E-state index in [2.05, 4.69) is 10.6 Å². The van der Waals surface area contributed by atoms with Gasteiger partial charge < -0.3 is 31.5 Å². The predicted octanol–water partition coefficient (Wildman–Crippen LogP) is 1.49. The zero-order valence-corrected chi connectivity index (χ0v) is 19.6. The molecule has 1 aromatic carbocycles. The molecule has 0 radical (unpaired) electrons. The molecule has 7 nitrogen and oxygen atoms in total. The summed E-state index contributed by atoms with van der Waals surface area (Å²) in [5.41, 5.74) is 8.71. The number of aliphatic carboxylic acids is 1. The van der Waals surface area contributed by atoms with Crippen LogP contribution in [-0.2, 0) is 17.8 Å². The summed E-state index contributed by atoms with van der Waals surface area (Å²) in [4.78, 5) is 11.3. The average molecular weight is 505 g/mol. The van der Waals surface area contributed by atoms with Gasteiger partial charge in [0.15, 0.2) is 0 Å². The molecule has 3 rings (SSSR count). The summed E-state index contributed by atoms with van der Waals surface area (Å²) in [6.45, 7) is 1.73. The molecular formula is C18H30BCl4N3O4. The molecule has 0 bridgehead atoms. The molecule has 1 fully saturated rings. The Morgan fingerprint density at radius 1 is 1.23 bits per heavy atom. The highest BCUT2D eigenvalue weighted by Crippen LogP contribution is 2.31. The van der Waals surface area contributed by atoms with Gasteiger partial charge in [-0.05, 0) is 48.6 Å². The lowest BCUT2D eigenvalue weighted by Gasteiger charge is -2.35. The van der Waals surface area contributed by atoms with E-state index >= 15 is 0 Å². The largest absolute Gasteiger partial charge is 0.481 e.